The first-order valence-electron chi connectivity index (χ1n) is 4.53. The van der Waals surface area contributed by atoms with Crippen LogP contribution in [0.15, 0.2) is 41.3 Å². The Morgan fingerprint density at radius 3 is 2.47 bits per heavy atom. The van der Waals surface area contributed by atoms with Gasteiger partial charge in [0.15, 0.2) is 0 Å². The zero-order valence-corrected chi connectivity index (χ0v) is 9.98. The van der Waals surface area contributed by atoms with Gasteiger partial charge in [0.2, 0.25) is 0 Å². The quantitative estimate of drug-likeness (QED) is 0.614. The number of hydrogen-bond donors (Lipinski definition) is 0. The average molecular weight is 265 g/mol. The monoisotopic (exact) mass is 266 g/mol. The molecule has 0 aliphatic carbocycles. The predicted molar refractivity (Wildman–Crippen MR) is 60.2 cm³/mol. The van der Waals surface area contributed by atoms with Crippen molar-refractivity contribution >= 4 is 20.5 Å². The van der Waals surface area contributed by atoms with Crippen molar-refractivity contribution in [2.24, 2.45) is 0 Å². The Kier molecular flexibility index (Phi) is 3.05. The molecule has 0 saturated carbocycles. The third-order valence-electron chi connectivity index (χ3n) is 2.11. The summed E-state index contributed by atoms with van der Waals surface area (Å²) < 4.78 is 5.99. The molecule has 0 amide bonds. The zero-order valence-electron chi connectivity index (χ0n) is 8.27. The van der Waals surface area contributed by atoms with Crippen LogP contribution in [0.1, 0.15) is 10.4 Å². The molecule has 2 aromatic rings. The maximum atomic E-state index is 11.2. The standard InChI is InChI=1S/C12H10O2Se/c1-14-12(13)10-6-4-9(5-7-10)11-3-2-8-15-11/h2-8H,1H3. The van der Waals surface area contributed by atoms with Gasteiger partial charge in [-0.1, -0.05) is 0 Å². The van der Waals surface area contributed by atoms with Gasteiger partial charge in [-0.15, -0.1) is 0 Å². The molecule has 15 heavy (non-hydrogen) atoms. The zero-order chi connectivity index (χ0) is 10.7. The summed E-state index contributed by atoms with van der Waals surface area (Å²) in [4.78, 5) is 13.4. The molecule has 76 valence electrons. The van der Waals surface area contributed by atoms with Crippen LogP contribution >= 0.6 is 0 Å². The summed E-state index contributed by atoms with van der Waals surface area (Å²) in [6.07, 6.45) is 0. The van der Waals surface area contributed by atoms with Crippen LogP contribution in [0.2, 0.25) is 0 Å². The summed E-state index contributed by atoms with van der Waals surface area (Å²) in [5, 5.41) is 0. The Morgan fingerprint density at radius 1 is 1.20 bits per heavy atom. The van der Waals surface area contributed by atoms with Crippen molar-refractivity contribution in [3.05, 3.63) is 46.9 Å². The first-order valence-corrected chi connectivity index (χ1v) is 6.38. The van der Waals surface area contributed by atoms with Crippen molar-refractivity contribution in [2.75, 3.05) is 7.11 Å². The van der Waals surface area contributed by atoms with Gasteiger partial charge in [0.05, 0.1) is 0 Å². The maximum absolute atomic E-state index is 11.2. The Morgan fingerprint density at radius 2 is 1.93 bits per heavy atom. The van der Waals surface area contributed by atoms with Crippen LogP contribution in [0.3, 0.4) is 0 Å². The summed E-state index contributed by atoms with van der Waals surface area (Å²) in [6.45, 7) is 0. The van der Waals surface area contributed by atoms with Crippen LogP contribution in [-0.2, 0) is 4.74 Å². The van der Waals surface area contributed by atoms with Crippen molar-refractivity contribution < 1.29 is 9.53 Å². The molecular weight excluding hydrogens is 255 g/mol. The molecule has 0 saturated heterocycles. The minimum absolute atomic E-state index is 0.286. The number of ether oxygens (including phenoxy) is 1. The molecule has 2 rings (SSSR count). The van der Waals surface area contributed by atoms with Gasteiger partial charge in [-0.25, -0.2) is 0 Å². The fraction of sp³-hybridized carbons (Fsp3) is 0.0833. The minimum atomic E-state index is -0.286. The van der Waals surface area contributed by atoms with Crippen molar-refractivity contribution in [1.82, 2.24) is 0 Å². The Hall–Kier alpha value is -1.31. The molecule has 0 spiro atoms. The molecule has 1 heterocycles. The van der Waals surface area contributed by atoms with Gasteiger partial charge in [0.1, 0.15) is 0 Å². The van der Waals surface area contributed by atoms with E-state index >= 15 is 0 Å². The average Bonchev–Trinajstić information content (AvgIpc) is 2.82. The molecule has 0 N–H and O–H groups in total. The van der Waals surface area contributed by atoms with Crippen molar-refractivity contribution in [3.8, 4) is 10.0 Å². The predicted octanol–water partition coefficient (Wildman–Crippen LogP) is 2.20. The van der Waals surface area contributed by atoms with E-state index in [2.05, 4.69) is 21.8 Å². The van der Waals surface area contributed by atoms with Crippen LogP contribution in [0.5, 0.6) is 0 Å². The van der Waals surface area contributed by atoms with Crippen molar-refractivity contribution in [1.29, 1.82) is 0 Å². The van der Waals surface area contributed by atoms with E-state index in [1.807, 2.05) is 12.1 Å². The fourth-order valence-electron chi connectivity index (χ4n) is 1.33. The molecule has 0 bridgehead atoms. The topological polar surface area (TPSA) is 26.3 Å². The van der Waals surface area contributed by atoms with Gasteiger partial charge >= 0.3 is 94.0 Å². The molecule has 0 unspecified atom stereocenters. The first kappa shape index (κ1) is 10.2. The van der Waals surface area contributed by atoms with Crippen LogP contribution in [0.4, 0.5) is 0 Å². The van der Waals surface area contributed by atoms with E-state index in [0.717, 1.165) is 0 Å². The van der Waals surface area contributed by atoms with E-state index in [1.54, 1.807) is 12.1 Å². The summed E-state index contributed by atoms with van der Waals surface area (Å²) >= 11 is 0.437. The first-order chi connectivity index (χ1) is 7.31. The molecule has 1 aromatic carbocycles. The van der Waals surface area contributed by atoms with Gasteiger partial charge in [-0.2, -0.15) is 0 Å². The van der Waals surface area contributed by atoms with Crippen molar-refractivity contribution in [2.45, 2.75) is 0 Å². The molecular formula is C12H10O2Se. The summed E-state index contributed by atoms with van der Waals surface area (Å²) in [6, 6.07) is 11.7. The number of hydrogen-bond acceptors (Lipinski definition) is 2. The third kappa shape index (κ3) is 2.20. The number of carbonyl (C=O) groups excluding carboxylic acids is 1. The number of esters is 1. The van der Waals surface area contributed by atoms with Crippen LogP contribution < -0.4 is 0 Å². The molecule has 0 aliphatic rings. The second-order valence-corrected chi connectivity index (χ2v) is 5.03. The SMILES string of the molecule is COC(=O)c1ccc(-c2ccc[se]2)cc1. The van der Waals surface area contributed by atoms with E-state index in [0.29, 0.717) is 20.1 Å². The van der Waals surface area contributed by atoms with E-state index in [-0.39, 0.29) is 5.97 Å². The Labute approximate surface area is 94.3 Å². The molecule has 0 radical (unpaired) electrons. The summed E-state index contributed by atoms with van der Waals surface area (Å²) in [5.41, 5.74) is 1.79. The second kappa shape index (κ2) is 4.47. The normalized spacial score (nSPS) is 9.93. The van der Waals surface area contributed by atoms with Gasteiger partial charge in [0, 0.05) is 0 Å². The van der Waals surface area contributed by atoms with E-state index in [1.165, 1.54) is 17.1 Å². The summed E-state index contributed by atoms with van der Waals surface area (Å²) in [7, 11) is 1.39. The number of benzene rings is 1. The van der Waals surface area contributed by atoms with E-state index in [4.69, 9.17) is 0 Å². The van der Waals surface area contributed by atoms with Gasteiger partial charge in [0.25, 0.3) is 0 Å². The molecule has 2 nitrogen and oxygen atoms in total. The number of rotatable bonds is 2. The van der Waals surface area contributed by atoms with E-state index < -0.39 is 0 Å². The molecule has 0 atom stereocenters. The summed E-state index contributed by atoms with van der Waals surface area (Å²) in [5.74, 6) is -0.286. The van der Waals surface area contributed by atoms with Gasteiger partial charge in [-0.3, -0.25) is 0 Å². The number of carbonyl (C=O) groups is 1. The van der Waals surface area contributed by atoms with Crippen LogP contribution in [-0.4, -0.2) is 27.6 Å². The molecule has 3 heteroatoms. The second-order valence-electron chi connectivity index (χ2n) is 3.05. The third-order valence-corrected chi connectivity index (χ3v) is 4.04. The molecule has 0 aliphatic heterocycles. The molecule has 0 fully saturated rings. The Balaban J connectivity index is 2.29. The fourth-order valence-corrected chi connectivity index (χ4v) is 2.87. The van der Waals surface area contributed by atoms with E-state index in [9.17, 15) is 4.79 Å². The van der Waals surface area contributed by atoms with Gasteiger partial charge < -0.3 is 0 Å². The Bertz CT molecular complexity index is 443. The molecule has 1 aromatic heterocycles. The van der Waals surface area contributed by atoms with Crippen molar-refractivity contribution in [3.63, 3.8) is 0 Å². The number of methoxy groups -OCH3 is 1. The van der Waals surface area contributed by atoms with Crippen LogP contribution in [0.25, 0.3) is 10.0 Å². The van der Waals surface area contributed by atoms with Crippen LogP contribution in [0, 0.1) is 0 Å². The van der Waals surface area contributed by atoms with Gasteiger partial charge in [-0.05, 0) is 0 Å².